The summed E-state index contributed by atoms with van der Waals surface area (Å²) in [7, 11) is 2.09. The normalized spacial score (nSPS) is 18.2. The topological polar surface area (TPSA) is 64.9 Å². The Morgan fingerprint density at radius 2 is 2.02 bits per heavy atom. The third kappa shape index (κ3) is 8.08. The molecule has 0 bridgehead atoms. The number of fused-ring (bicyclic) bond motifs is 3. The van der Waals surface area contributed by atoms with Crippen LogP contribution in [0.4, 0.5) is 15.8 Å². The first-order chi connectivity index (χ1) is 21.4. The van der Waals surface area contributed by atoms with E-state index in [1.807, 2.05) is 87.5 Å². The van der Waals surface area contributed by atoms with Gasteiger partial charge in [0.1, 0.15) is 35.4 Å². The second-order valence-corrected chi connectivity index (χ2v) is 10.6. The van der Waals surface area contributed by atoms with E-state index in [1.54, 1.807) is 12.4 Å². The van der Waals surface area contributed by atoms with Crippen molar-refractivity contribution in [1.82, 2.24) is 9.91 Å². The van der Waals surface area contributed by atoms with E-state index in [4.69, 9.17) is 15.9 Å². The van der Waals surface area contributed by atoms with Crippen LogP contribution in [-0.2, 0) is 0 Å². The second kappa shape index (κ2) is 15.8. The molecule has 0 aromatic heterocycles. The van der Waals surface area contributed by atoms with Gasteiger partial charge in [-0.2, -0.15) is 5.10 Å². The van der Waals surface area contributed by atoms with Gasteiger partial charge in [-0.05, 0) is 75.4 Å². The van der Waals surface area contributed by atoms with Crippen molar-refractivity contribution in [2.75, 3.05) is 50.1 Å². The summed E-state index contributed by atoms with van der Waals surface area (Å²) in [6, 6.07) is 9.62. The van der Waals surface area contributed by atoms with Crippen LogP contribution >= 0.6 is 0 Å². The molecule has 0 saturated carbocycles. The number of rotatable bonds is 7. The van der Waals surface area contributed by atoms with Gasteiger partial charge in [-0.1, -0.05) is 19.9 Å². The lowest BCUT2D eigenvalue weighted by atomic mass is 10.0. The van der Waals surface area contributed by atoms with Crippen molar-refractivity contribution in [2.24, 2.45) is 10.1 Å². The van der Waals surface area contributed by atoms with Crippen LogP contribution in [0.1, 0.15) is 44.7 Å². The maximum atomic E-state index is 16.4. The molecule has 1 saturated heterocycles. The third-order valence-corrected chi connectivity index (χ3v) is 7.30. The molecule has 3 aliphatic heterocycles. The van der Waals surface area contributed by atoms with Crippen molar-refractivity contribution in [1.29, 1.82) is 0 Å². The number of nitrogens with one attached hydrogen (secondary N) is 1. The van der Waals surface area contributed by atoms with Crippen molar-refractivity contribution in [3.8, 4) is 23.8 Å². The molecular weight excluding hydrogens is 555 g/mol. The lowest BCUT2D eigenvalue weighted by molar-refractivity contribution is 0.186. The number of halogens is 1. The van der Waals surface area contributed by atoms with Gasteiger partial charge < -0.3 is 24.6 Å². The van der Waals surface area contributed by atoms with Gasteiger partial charge in [-0.15, -0.1) is 12.3 Å². The Kier molecular flexibility index (Phi) is 11.6. The highest BCUT2D eigenvalue weighted by atomic mass is 19.1. The molecule has 2 aromatic rings. The highest BCUT2D eigenvalue weighted by Gasteiger charge is 2.36. The predicted molar refractivity (Wildman–Crippen MR) is 179 cm³/mol. The Balaban J connectivity index is 0.00000104. The molecule has 1 atom stereocenters. The number of hydrogen-bond donors (Lipinski definition) is 1. The molecule has 1 N–H and O–H groups in total. The van der Waals surface area contributed by atoms with Crippen LogP contribution in [0.3, 0.4) is 0 Å². The molecule has 0 amide bonds. The number of aryl methyl sites for hydroxylation is 1. The summed E-state index contributed by atoms with van der Waals surface area (Å²) in [6.45, 7) is 11.4. The third-order valence-electron chi connectivity index (χ3n) is 7.30. The van der Waals surface area contributed by atoms with Crippen molar-refractivity contribution >= 4 is 23.4 Å². The Morgan fingerprint density at radius 1 is 1.25 bits per heavy atom. The highest BCUT2D eigenvalue weighted by molar-refractivity contribution is 6.10. The number of allylic oxidation sites excluding steroid dienone is 2. The summed E-state index contributed by atoms with van der Waals surface area (Å²) in [4.78, 5) is 9.07. The minimum absolute atomic E-state index is 0.119. The Labute approximate surface area is 261 Å². The fourth-order valence-corrected chi connectivity index (χ4v) is 5.09. The van der Waals surface area contributed by atoms with Crippen LogP contribution in [0.2, 0.25) is 0 Å². The second-order valence-electron chi connectivity index (χ2n) is 10.6. The van der Waals surface area contributed by atoms with Crippen molar-refractivity contribution in [2.45, 2.75) is 46.6 Å². The zero-order chi connectivity index (χ0) is 31.5. The highest BCUT2D eigenvalue weighted by Crippen LogP contribution is 2.40. The zero-order valence-electron chi connectivity index (χ0n) is 26.4. The van der Waals surface area contributed by atoms with Crippen molar-refractivity contribution in [3.05, 3.63) is 83.7 Å². The Bertz CT molecular complexity index is 1470. The number of amidine groups is 1. The molecule has 2 aromatic carbocycles. The van der Waals surface area contributed by atoms with Crippen LogP contribution in [-0.4, -0.2) is 67.8 Å². The molecule has 0 aliphatic carbocycles. The predicted octanol–water partition coefficient (Wildman–Crippen LogP) is 6.56. The lowest BCUT2D eigenvalue weighted by Crippen LogP contribution is -2.56. The number of terminal acetylenes is 1. The van der Waals surface area contributed by atoms with Gasteiger partial charge in [0, 0.05) is 50.4 Å². The molecule has 1 fully saturated rings. The summed E-state index contributed by atoms with van der Waals surface area (Å²) in [5, 5.41) is 9.42. The van der Waals surface area contributed by atoms with Crippen LogP contribution in [0.5, 0.6) is 11.5 Å². The van der Waals surface area contributed by atoms with Gasteiger partial charge in [-0.25, -0.2) is 9.38 Å². The van der Waals surface area contributed by atoms with Crippen LogP contribution < -0.4 is 19.7 Å². The largest absolute Gasteiger partial charge is 0.489 e. The molecule has 44 heavy (non-hydrogen) atoms. The molecule has 5 rings (SSSR count). The number of hydrogen-bond acceptors (Lipinski definition) is 7. The SMILES string of the molecule is C#CCC.C/C=N\N1C=CC(Oc2ccc(NC(=N/C=C/CC)c3c(C)cc4c(c3F)N3CCN(C)CC3CO4)cc2)=CC1. The van der Waals surface area contributed by atoms with E-state index < -0.39 is 0 Å². The van der Waals surface area contributed by atoms with Gasteiger partial charge in [-0.3, -0.25) is 5.01 Å². The summed E-state index contributed by atoms with van der Waals surface area (Å²) in [5.41, 5.74) is 2.51. The standard InChI is InChI=1S/C31H37FN6O2.C4H6/c1-5-7-14-33-31(35-23-8-10-25(11-9-23)40-26-12-15-37(16-13-26)34-6-2)28-22(3)19-27-30(29(28)32)38-18-17-36(4)20-24(38)21-39-27;1-3-4-2/h6-15,19,24H,5,16-18,20-21H2,1-4H3,(H,33,35);1H,4H2,2H3/b14-7+,34-6-;. The van der Waals surface area contributed by atoms with Gasteiger partial charge in [0.2, 0.25) is 0 Å². The number of hydrazone groups is 1. The van der Waals surface area contributed by atoms with Crippen LogP contribution in [0.15, 0.2) is 76.8 Å². The van der Waals surface area contributed by atoms with E-state index >= 15 is 4.39 Å². The van der Waals surface area contributed by atoms with E-state index in [1.165, 1.54) is 0 Å². The number of nitrogens with zero attached hydrogens (tertiary/aromatic N) is 5. The maximum Gasteiger partial charge on any atom is 0.161 e. The fraction of sp³-hybridized carbons (Fsp3) is 0.371. The summed E-state index contributed by atoms with van der Waals surface area (Å²) >= 11 is 0. The molecular formula is C35H43FN6O2. The molecule has 9 heteroatoms. The lowest BCUT2D eigenvalue weighted by Gasteiger charge is -2.45. The van der Waals surface area contributed by atoms with Gasteiger partial charge >= 0.3 is 0 Å². The molecule has 0 radical (unpaired) electrons. The van der Waals surface area contributed by atoms with Gasteiger partial charge in [0.25, 0.3) is 0 Å². The number of piperazine rings is 1. The molecule has 8 nitrogen and oxygen atoms in total. The molecule has 3 aliphatic rings. The summed E-state index contributed by atoms with van der Waals surface area (Å²) < 4.78 is 28.5. The fourth-order valence-electron chi connectivity index (χ4n) is 5.09. The Morgan fingerprint density at radius 3 is 2.68 bits per heavy atom. The molecule has 0 spiro atoms. The first-order valence-electron chi connectivity index (χ1n) is 15.1. The van der Waals surface area contributed by atoms with Gasteiger partial charge in [0.15, 0.2) is 5.82 Å². The zero-order valence-corrected chi connectivity index (χ0v) is 26.4. The van der Waals surface area contributed by atoms with E-state index in [0.717, 1.165) is 49.5 Å². The monoisotopic (exact) mass is 598 g/mol. The smallest absolute Gasteiger partial charge is 0.161 e. The van der Waals surface area contributed by atoms with Crippen LogP contribution in [0.25, 0.3) is 0 Å². The van der Waals surface area contributed by atoms with E-state index in [-0.39, 0.29) is 11.9 Å². The number of benzene rings is 2. The number of ether oxygens (including phenoxy) is 2. The minimum Gasteiger partial charge on any atom is -0.489 e. The Hall–Kier alpha value is -4.55. The summed E-state index contributed by atoms with van der Waals surface area (Å²) in [6.07, 6.45) is 17.6. The van der Waals surface area contributed by atoms with E-state index in [9.17, 15) is 0 Å². The molecule has 1 unspecified atom stereocenters. The first-order valence-corrected chi connectivity index (χ1v) is 15.1. The van der Waals surface area contributed by atoms with Crippen LogP contribution in [0, 0.1) is 25.1 Å². The van der Waals surface area contributed by atoms with E-state index in [2.05, 4.69) is 38.2 Å². The number of likely N-dealkylation sites (N-methyl/N-ethyl adjacent to an activating group) is 1. The molecule has 3 heterocycles. The van der Waals surface area contributed by atoms with Crippen molar-refractivity contribution in [3.63, 3.8) is 0 Å². The maximum absolute atomic E-state index is 16.4. The molecule has 232 valence electrons. The minimum atomic E-state index is -0.308. The first kappa shape index (κ1) is 32.4. The average molecular weight is 599 g/mol. The number of anilines is 2. The van der Waals surface area contributed by atoms with Crippen molar-refractivity contribution < 1.29 is 13.9 Å². The number of aliphatic imine (C=N–C) groups is 1. The quantitative estimate of drug-likeness (QED) is 0.221. The average Bonchev–Trinajstić information content (AvgIpc) is 3.03. The van der Waals surface area contributed by atoms with Gasteiger partial charge in [0.05, 0.1) is 18.2 Å². The van der Waals surface area contributed by atoms with E-state index in [0.29, 0.717) is 41.7 Å². The summed E-state index contributed by atoms with van der Waals surface area (Å²) in [5.74, 6) is 4.62.